The summed E-state index contributed by atoms with van der Waals surface area (Å²) in [6.07, 6.45) is 0. The number of rotatable bonds is 5. The van der Waals surface area contributed by atoms with Crippen molar-refractivity contribution in [2.75, 3.05) is 32.1 Å². The standard InChI is InChI=1S/C20H21F2N3OS.ClH/c1-12-5-6-14(9-13(12)2)19(26)25(8-7-24(3)4)20-23-18-16(22)10-15(21)11-17(18)27-20;/h5-6,9-11H,7-8H2,1-4H3;1H. The van der Waals surface area contributed by atoms with Gasteiger partial charge in [-0.25, -0.2) is 13.8 Å². The number of aromatic nitrogens is 1. The van der Waals surface area contributed by atoms with E-state index < -0.39 is 11.6 Å². The fourth-order valence-electron chi connectivity index (χ4n) is 2.68. The second-order valence-corrected chi connectivity index (χ2v) is 7.80. The highest BCUT2D eigenvalue weighted by Crippen LogP contribution is 2.32. The van der Waals surface area contributed by atoms with Crippen LogP contribution in [0.15, 0.2) is 30.3 Å². The number of benzene rings is 2. The van der Waals surface area contributed by atoms with Crippen LogP contribution < -0.4 is 4.90 Å². The quantitative estimate of drug-likeness (QED) is 0.588. The summed E-state index contributed by atoms with van der Waals surface area (Å²) < 4.78 is 28.0. The van der Waals surface area contributed by atoms with Gasteiger partial charge in [0.25, 0.3) is 5.91 Å². The Labute approximate surface area is 173 Å². The highest BCUT2D eigenvalue weighted by atomic mass is 35.5. The monoisotopic (exact) mass is 425 g/mol. The maximum atomic E-state index is 14.1. The Hall–Kier alpha value is -2.09. The van der Waals surface area contributed by atoms with Crippen molar-refractivity contribution in [3.05, 3.63) is 58.7 Å². The smallest absolute Gasteiger partial charge is 0.260 e. The summed E-state index contributed by atoms with van der Waals surface area (Å²) in [6, 6.07) is 7.57. The van der Waals surface area contributed by atoms with Gasteiger partial charge in [0.05, 0.1) is 4.70 Å². The van der Waals surface area contributed by atoms with Crippen LogP contribution in [0.1, 0.15) is 21.5 Å². The largest absolute Gasteiger partial charge is 0.308 e. The zero-order chi connectivity index (χ0) is 19.7. The van der Waals surface area contributed by atoms with Crippen molar-refractivity contribution in [2.45, 2.75) is 13.8 Å². The molecule has 1 heterocycles. The molecule has 0 N–H and O–H groups in total. The molecule has 0 radical (unpaired) electrons. The summed E-state index contributed by atoms with van der Waals surface area (Å²) in [5.41, 5.74) is 2.75. The number of amides is 1. The Balaban J connectivity index is 0.00000280. The summed E-state index contributed by atoms with van der Waals surface area (Å²) in [6.45, 7) is 4.94. The molecule has 2 aromatic carbocycles. The lowest BCUT2D eigenvalue weighted by Gasteiger charge is -2.22. The first-order valence-corrected chi connectivity index (χ1v) is 9.37. The van der Waals surface area contributed by atoms with Gasteiger partial charge in [-0.3, -0.25) is 9.69 Å². The lowest BCUT2D eigenvalue weighted by atomic mass is 10.1. The Bertz CT molecular complexity index is 1010. The summed E-state index contributed by atoms with van der Waals surface area (Å²) in [4.78, 5) is 20.9. The lowest BCUT2D eigenvalue weighted by Crippen LogP contribution is -2.36. The molecule has 0 aliphatic carbocycles. The third-order valence-corrected chi connectivity index (χ3v) is 5.43. The average Bonchev–Trinajstić information content (AvgIpc) is 3.01. The van der Waals surface area contributed by atoms with Crippen molar-refractivity contribution in [1.29, 1.82) is 0 Å². The molecule has 0 saturated carbocycles. The SMILES string of the molecule is Cc1ccc(C(=O)N(CCN(C)C)c2nc3c(F)cc(F)cc3s2)cc1C.Cl. The lowest BCUT2D eigenvalue weighted by molar-refractivity contribution is 0.0985. The normalized spacial score (nSPS) is 11.0. The molecule has 1 aromatic heterocycles. The number of likely N-dealkylation sites (N-methyl/N-ethyl adjacent to an activating group) is 1. The van der Waals surface area contributed by atoms with E-state index in [1.54, 1.807) is 6.07 Å². The van der Waals surface area contributed by atoms with Crippen molar-refractivity contribution in [3.63, 3.8) is 0 Å². The zero-order valence-corrected chi connectivity index (χ0v) is 17.8. The molecule has 4 nitrogen and oxygen atoms in total. The van der Waals surface area contributed by atoms with Gasteiger partial charge in [-0.1, -0.05) is 17.4 Å². The molecule has 0 spiro atoms. The molecule has 0 aliphatic heterocycles. The first-order valence-electron chi connectivity index (χ1n) is 8.55. The predicted octanol–water partition coefficient (Wildman–Crippen LogP) is 4.82. The number of thiazole rings is 1. The molecule has 0 bridgehead atoms. The molecule has 8 heteroatoms. The van der Waals surface area contributed by atoms with Crippen LogP contribution >= 0.6 is 23.7 Å². The summed E-state index contributed by atoms with van der Waals surface area (Å²) in [5, 5.41) is 0.361. The summed E-state index contributed by atoms with van der Waals surface area (Å²) in [5.74, 6) is -1.59. The number of carbonyl (C=O) groups is 1. The van der Waals surface area contributed by atoms with E-state index in [1.165, 1.54) is 11.0 Å². The Kier molecular flexibility index (Phi) is 7.09. The second-order valence-electron chi connectivity index (χ2n) is 6.79. The van der Waals surface area contributed by atoms with Crippen LogP contribution in [-0.4, -0.2) is 43.0 Å². The molecule has 0 fully saturated rings. The fourth-order valence-corrected chi connectivity index (χ4v) is 3.70. The van der Waals surface area contributed by atoms with Gasteiger partial charge in [0, 0.05) is 24.7 Å². The van der Waals surface area contributed by atoms with Gasteiger partial charge in [0.2, 0.25) is 0 Å². The molecule has 1 amide bonds. The van der Waals surface area contributed by atoms with Crippen LogP contribution in [0.5, 0.6) is 0 Å². The van der Waals surface area contributed by atoms with E-state index in [0.29, 0.717) is 28.5 Å². The highest BCUT2D eigenvalue weighted by molar-refractivity contribution is 7.22. The van der Waals surface area contributed by atoms with Crippen molar-refractivity contribution in [1.82, 2.24) is 9.88 Å². The molecule has 0 saturated heterocycles. The van der Waals surface area contributed by atoms with Gasteiger partial charge in [-0.15, -0.1) is 12.4 Å². The van der Waals surface area contributed by atoms with Gasteiger partial charge in [0.1, 0.15) is 11.3 Å². The van der Waals surface area contributed by atoms with Crippen molar-refractivity contribution < 1.29 is 13.6 Å². The molecular formula is C20H22ClF2N3OS. The van der Waals surface area contributed by atoms with Crippen LogP contribution in [0.25, 0.3) is 10.2 Å². The van der Waals surface area contributed by atoms with Gasteiger partial charge in [-0.05, 0) is 57.3 Å². The van der Waals surface area contributed by atoms with E-state index in [4.69, 9.17) is 0 Å². The fraction of sp³-hybridized carbons (Fsp3) is 0.300. The number of fused-ring (bicyclic) bond motifs is 1. The van der Waals surface area contributed by atoms with E-state index in [-0.39, 0.29) is 23.8 Å². The highest BCUT2D eigenvalue weighted by Gasteiger charge is 2.23. The Morgan fingerprint density at radius 2 is 1.79 bits per heavy atom. The molecule has 0 aliphatic rings. The molecule has 28 heavy (non-hydrogen) atoms. The number of nitrogens with zero attached hydrogens (tertiary/aromatic N) is 3. The van der Waals surface area contributed by atoms with Gasteiger partial charge < -0.3 is 4.90 Å². The molecule has 0 unspecified atom stereocenters. The van der Waals surface area contributed by atoms with E-state index >= 15 is 0 Å². The average molecular weight is 426 g/mol. The molecule has 150 valence electrons. The van der Waals surface area contributed by atoms with Crippen molar-refractivity contribution >= 4 is 45.0 Å². The van der Waals surface area contributed by atoms with Crippen molar-refractivity contribution in [3.8, 4) is 0 Å². The molecule has 3 rings (SSSR count). The van der Waals surface area contributed by atoms with Crippen LogP contribution in [0.3, 0.4) is 0 Å². The van der Waals surface area contributed by atoms with Gasteiger partial charge in [0.15, 0.2) is 10.9 Å². The molecule has 0 atom stereocenters. The number of halogens is 3. The topological polar surface area (TPSA) is 36.4 Å². The van der Waals surface area contributed by atoms with Gasteiger partial charge >= 0.3 is 0 Å². The minimum absolute atomic E-state index is 0. The maximum Gasteiger partial charge on any atom is 0.260 e. The maximum absolute atomic E-state index is 14.1. The van der Waals surface area contributed by atoms with Crippen molar-refractivity contribution in [2.24, 2.45) is 0 Å². The van der Waals surface area contributed by atoms with Crippen LogP contribution in [0.2, 0.25) is 0 Å². The van der Waals surface area contributed by atoms with E-state index in [0.717, 1.165) is 28.5 Å². The Morgan fingerprint density at radius 3 is 2.43 bits per heavy atom. The minimum atomic E-state index is -0.723. The number of anilines is 1. The number of hydrogen-bond donors (Lipinski definition) is 0. The summed E-state index contributed by atoms with van der Waals surface area (Å²) >= 11 is 1.11. The number of carbonyl (C=O) groups excluding carboxylic acids is 1. The van der Waals surface area contributed by atoms with Crippen LogP contribution in [0.4, 0.5) is 13.9 Å². The minimum Gasteiger partial charge on any atom is -0.308 e. The second kappa shape index (κ2) is 8.94. The first kappa shape index (κ1) is 22.2. The van der Waals surface area contributed by atoms with E-state index in [1.807, 2.05) is 45.0 Å². The third kappa shape index (κ3) is 4.66. The molecule has 3 aromatic rings. The molecular weight excluding hydrogens is 404 g/mol. The number of aryl methyl sites for hydroxylation is 2. The Morgan fingerprint density at radius 1 is 1.07 bits per heavy atom. The van der Waals surface area contributed by atoms with E-state index in [9.17, 15) is 13.6 Å². The van der Waals surface area contributed by atoms with Gasteiger partial charge in [-0.2, -0.15) is 0 Å². The summed E-state index contributed by atoms with van der Waals surface area (Å²) in [7, 11) is 3.82. The first-order chi connectivity index (χ1) is 12.8. The predicted molar refractivity (Wildman–Crippen MR) is 113 cm³/mol. The van der Waals surface area contributed by atoms with Crippen LogP contribution in [-0.2, 0) is 0 Å². The number of hydrogen-bond acceptors (Lipinski definition) is 4. The van der Waals surface area contributed by atoms with Crippen LogP contribution in [0, 0.1) is 25.5 Å². The van der Waals surface area contributed by atoms with E-state index in [2.05, 4.69) is 4.98 Å². The zero-order valence-electron chi connectivity index (χ0n) is 16.1. The third-order valence-electron chi connectivity index (χ3n) is 4.40.